The summed E-state index contributed by atoms with van der Waals surface area (Å²) >= 11 is 0. The first-order valence-electron chi connectivity index (χ1n) is 8.69. The van der Waals surface area contributed by atoms with E-state index in [-0.39, 0.29) is 41.6 Å². The lowest BCUT2D eigenvalue weighted by atomic mass is 9.98. The highest BCUT2D eigenvalue weighted by Gasteiger charge is 2.28. The van der Waals surface area contributed by atoms with Crippen molar-refractivity contribution in [3.05, 3.63) is 29.8 Å². The van der Waals surface area contributed by atoms with Crippen molar-refractivity contribution in [2.24, 2.45) is 10.9 Å². The molecule has 1 fully saturated rings. The molecule has 27 heavy (non-hydrogen) atoms. The predicted octanol–water partition coefficient (Wildman–Crippen LogP) is 3.26. The molecular weight excluding hydrogens is 471 g/mol. The monoisotopic (exact) mass is 497 g/mol. The summed E-state index contributed by atoms with van der Waals surface area (Å²) in [4.78, 5) is 18.3. The molecule has 1 aliphatic rings. The maximum atomic E-state index is 12.3. The van der Waals surface area contributed by atoms with Crippen LogP contribution in [0.15, 0.2) is 29.3 Å². The highest BCUT2D eigenvalue weighted by atomic mass is 127. The number of alkyl halides is 2. The molecule has 1 heterocycles. The number of ether oxygens (including phenoxy) is 2. The Kier molecular flexibility index (Phi) is 10.3. The number of halogens is 3. The summed E-state index contributed by atoms with van der Waals surface area (Å²) in [5.74, 6) is 0.448. The second kappa shape index (κ2) is 11.9. The van der Waals surface area contributed by atoms with Crippen LogP contribution in [0.5, 0.6) is 5.75 Å². The number of guanidine groups is 1. The van der Waals surface area contributed by atoms with Gasteiger partial charge in [-0.05, 0) is 37.5 Å². The van der Waals surface area contributed by atoms with Crippen LogP contribution in [0.4, 0.5) is 8.78 Å². The summed E-state index contributed by atoms with van der Waals surface area (Å²) in [5, 5.41) is 3.21. The van der Waals surface area contributed by atoms with Gasteiger partial charge >= 0.3 is 12.6 Å². The fraction of sp³-hybridized carbons (Fsp3) is 0.556. The maximum Gasteiger partial charge on any atom is 0.387 e. The van der Waals surface area contributed by atoms with Crippen molar-refractivity contribution in [3.8, 4) is 5.75 Å². The third-order valence-corrected chi connectivity index (χ3v) is 4.13. The van der Waals surface area contributed by atoms with Gasteiger partial charge in [0.15, 0.2) is 5.96 Å². The lowest BCUT2D eigenvalue weighted by molar-refractivity contribution is -0.149. The highest BCUT2D eigenvalue weighted by molar-refractivity contribution is 14.0. The molecule has 6 nitrogen and oxygen atoms in total. The average molecular weight is 497 g/mol. The van der Waals surface area contributed by atoms with E-state index in [9.17, 15) is 13.6 Å². The van der Waals surface area contributed by atoms with Crippen LogP contribution in [-0.4, -0.2) is 50.2 Å². The summed E-state index contributed by atoms with van der Waals surface area (Å²) in [6.45, 7) is 1.08. The van der Waals surface area contributed by atoms with Crippen molar-refractivity contribution in [1.82, 2.24) is 10.2 Å². The quantitative estimate of drug-likeness (QED) is 0.283. The minimum Gasteiger partial charge on any atom is -0.466 e. The Morgan fingerprint density at radius 3 is 2.89 bits per heavy atom. The third kappa shape index (κ3) is 7.47. The van der Waals surface area contributed by atoms with E-state index in [0.29, 0.717) is 25.7 Å². The summed E-state index contributed by atoms with van der Waals surface area (Å²) in [7, 11) is 1.67. The van der Waals surface area contributed by atoms with Gasteiger partial charge in [-0.1, -0.05) is 12.1 Å². The van der Waals surface area contributed by atoms with Gasteiger partial charge in [-0.3, -0.25) is 9.79 Å². The van der Waals surface area contributed by atoms with Gasteiger partial charge < -0.3 is 19.7 Å². The van der Waals surface area contributed by atoms with Crippen LogP contribution in [0, 0.1) is 5.92 Å². The van der Waals surface area contributed by atoms with Crippen LogP contribution < -0.4 is 10.1 Å². The molecule has 1 aromatic carbocycles. The molecule has 0 spiro atoms. The van der Waals surface area contributed by atoms with Crippen molar-refractivity contribution in [2.45, 2.75) is 32.9 Å². The molecule has 1 N–H and O–H groups in total. The Bertz CT molecular complexity index is 632. The molecule has 0 saturated carbocycles. The molecular formula is C18H26F2IN3O3. The number of nitrogens with one attached hydrogen (secondary N) is 1. The van der Waals surface area contributed by atoms with E-state index < -0.39 is 6.61 Å². The van der Waals surface area contributed by atoms with Gasteiger partial charge in [0, 0.05) is 26.7 Å². The standard InChI is InChI=1S/C18H25F2N3O3.HI/c1-3-25-16(24)14-7-5-9-23(12-14)18(21-2)22-11-13-6-4-8-15(10-13)26-17(19)20;/h4,6,8,10,14,17H,3,5,7,9,11-12H2,1-2H3,(H,21,22);1H. The molecule has 2 rings (SSSR count). The predicted molar refractivity (Wildman–Crippen MR) is 110 cm³/mol. The Labute approximate surface area is 175 Å². The van der Waals surface area contributed by atoms with E-state index in [1.165, 1.54) is 6.07 Å². The van der Waals surface area contributed by atoms with Crippen LogP contribution in [0.1, 0.15) is 25.3 Å². The summed E-state index contributed by atoms with van der Waals surface area (Å²) < 4.78 is 34.2. The summed E-state index contributed by atoms with van der Waals surface area (Å²) in [6.07, 6.45) is 1.68. The number of piperidine rings is 1. The molecule has 1 unspecified atom stereocenters. The second-order valence-electron chi connectivity index (χ2n) is 5.96. The van der Waals surface area contributed by atoms with E-state index in [1.807, 2.05) is 11.0 Å². The second-order valence-corrected chi connectivity index (χ2v) is 5.96. The Balaban J connectivity index is 0.00000364. The number of esters is 1. The first-order valence-corrected chi connectivity index (χ1v) is 8.69. The third-order valence-electron chi connectivity index (χ3n) is 4.13. The SMILES string of the molecule is CCOC(=O)C1CCCN(C(=NC)NCc2cccc(OC(F)F)c2)C1.I. The van der Waals surface area contributed by atoms with Crippen molar-refractivity contribution in [3.63, 3.8) is 0 Å². The first-order chi connectivity index (χ1) is 12.5. The van der Waals surface area contributed by atoms with Crippen molar-refractivity contribution in [2.75, 3.05) is 26.7 Å². The Morgan fingerprint density at radius 2 is 2.22 bits per heavy atom. The normalized spacial score (nSPS) is 17.3. The molecule has 9 heteroatoms. The van der Waals surface area contributed by atoms with E-state index in [0.717, 1.165) is 24.9 Å². The molecule has 1 atom stereocenters. The number of rotatable bonds is 6. The van der Waals surface area contributed by atoms with E-state index in [2.05, 4.69) is 15.0 Å². The smallest absolute Gasteiger partial charge is 0.387 e. The van der Waals surface area contributed by atoms with Gasteiger partial charge in [0.05, 0.1) is 12.5 Å². The van der Waals surface area contributed by atoms with Gasteiger partial charge in [-0.25, -0.2) is 0 Å². The zero-order chi connectivity index (χ0) is 18.9. The average Bonchev–Trinajstić information content (AvgIpc) is 2.62. The number of carbonyl (C=O) groups is 1. The van der Waals surface area contributed by atoms with Crippen LogP contribution in [0.2, 0.25) is 0 Å². The first kappa shape index (κ1) is 23.4. The van der Waals surface area contributed by atoms with Crippen molar-refractivity contribution in [1.29, 1.82) is 0 Å². The maximum absolute atomic E-state index is 12.3. The van der Waals surface area contributed by atoms with Crippen LogP contribution in [0.3, 0.4) is 0 Å². The molecule has 0 radical (unpaired) electrons. The molecule has 0 bridgehead atoms. The lowest BCUT2D eigenvalue weighted by Crippen LogP contribution is -2.48. The highest BCUT2D eigenvalue weighted by Crippen LogP contribution is 2.19. The number of hydrogen-bond donors (Lipinski definition) is 1. The van der Waals surface area contributed by atoms with Crippen LogP contribution in [0.25, 0.3) is 0 Å². The minimum atomic E-state index is -2.85. The van der Waals surface area contributed by atoms with Gasteiger partial charge in [0.2, 0.25) is 0 Å². The fourth-order valence-corrected chi connectivity index (χ4v) is 2.97. The number of aliphatic imine (C=N–C) groups is 1. The van der Waals surface area contributed by atoms with Crippen LogP contribution >= 0.6 is 24.0 Å². The minimum absolute atomic E-state index is 0. The lowest BCUT2D eigenvalue weighted by Gasteiger charge is -2.34. The summed E-state index contributed by atoms with van der Waals surface area (Å²) in [6, 6.07) is 6.52. The zero-order valence-corrected chi connectivity index (χ0v) is 17.8. The van der Waals surface area contributed by atoms with E-state index >= 15 is 0 Å². The fourth-order valence-electron chi connectivity index (χ4n) is 2.97. The Morgan fingerprint density at radius 1 is 1.44 bits per heavy atom. The van der Waals surface area contributed by atoms with Gasteiger partial charge in [-0.15, -0.1) is 24.0 Å². The van der Waals surface area contributed by atoms with Gasteiger partial charge in [0.1, 0.15) is 5.75 Å². The molecule has 1 saturated heterocycles. The van der Waals surface area contributed by atoms with Crippen molar-refractivity contribution < 1.29 is 23.0 Å². The van der Waals surface area contributed by atoms with E-state index in [1.54, 1.807) is 26.1 Å². The van der Waals surface area contributed by atoms with Gasteiger partial charge in [0.25, 0.3) is 0 Å². The topological polar surface area (TPSA) is 63.2 Å². The Hall–Kier alpha value is -1.65. The largest absolute Gasteiger partial charge is 0.466 e. The van der Waals surface area contributed by atoms with Crippen molar-refractivity contribution >= 4 is 35.9 Å². The summed E-state index contributed by atoms with van der Waals surface area (Å²) in [5.41, 5.74) is 0.795. The molecule has 0 amide bonds. The molecule has 0 aromatic heterocycles. The van der Waals surface area contributed by atoms with Gasteiger partial charge in [-0.2, -0.15) is 8.78 Å². The number of hydrogen-bond acceptors (Lipinski definition) is 4. The molecule has 1 aromatic rings. The van der Waals surface area contributed by atoms with E-state index in [4.69, 9.17) is 4.74 Å². The molecule has 152 valence electrons. The zero-order valence-electron chi connectivity index (χ0n) is 15.5. The number of benzene rings is 1. The van der Waals surface area contributed by atoms with Crippen LogP contribution in [-0.2, 0) is 16.1 Å². The number of likely N-dealkylation sites (tertiary alicyclic amines) is 1. The number of carbonyl (C=O) groups excluding carboxylic acids is 1. The molecule has 1 aliphatic heterocycles. The molecule has 0 aliphatic carbocycles. The number of nitrogens with zero attached hydrogens (tertiary/aromatic N) is 2.